The van der Waals surface area contributed by atoms with E-state index in [0.29, 0.717) is 6.61 Å². The van der Waals surface area contributed by atoms with Crippen LogP contribution in [0.2, 0.25) is 0 Å². The molecule has 0 radical (unpaired) electrons. The summed E-state index contributed by atoms with van der Waals surface area (Å²) in [7, 11) is 0. The lowest BCUT2D eigenvalue weighted by molar-refractivity contribution is -0.142. The molecule has 3 nitrogen and oxygen atoms in total. The zero-order valence-corrected chi connectivity index (χ0v) is 15.5. The SMILES string of the molecule is CC(I)C(=O)OCCN(Cc1ccccc1)Cc1ccccc1. The van der Waals surface area contributed by atoms with Crippen LogP contribution in [-0.2, 0) is 22.6 Å². The molecule has 0 spiro atoms. The summed E-state index contributed by atoms with van der Waals surface area (Å²) in [6, 6.07) is 20.7. The molecule has 4 heteroatoms. The van der Waals surface area contributed by atoms with Crippen molar-refractivity contribution in [2.24, 2.45) is 0 Å². The van der Waals surface area contributed by atoms with Gasteiger partial charge in [-0.15, -0.1) is 0 Å². The Morgan fingerprint density at radius 3 is 1.91 bits per heavy atom. The van der Waals surface area contributed by atoms with E-state index in [9.17, 15) is 4.79 Å². The number of hydrogen-bond acceptors (Lipinski definition) is 3. The fourth-order valence-corrected chi connectivity index (χ4v) is 2.47. The van der Waals surface area contributed by atoms with Crippen molar-refractivity contribution < 1.29 is 9.53 Å². The molecule has 0 aliphatic carbocycles. The summed E-state index contributed by atoms with van der Waals surface area (Å²) in [6.07, 6.45) is 0. The van der Waals surface area contributed by atoms with Crippen molar-refractivity contribution >= 4 is 28.6 Å². The van der Waals surface area contributed by atoms with Crippen LogP contribution in [0.1, 0.15) is 18.1 Å². The molecule has 2 aromatic carbocycles. The second-order valence-corrected chi connectivity index (χ2v) is 7.33. The Bertz CT molecular complexity index is 545. The number of carbonyl (C=O) groups is 1. The van der Waals surface area contributed by atoms with E-state index in [0.717, 1.165) is 19.6 Å². The molecule has 0 heterocycles. The average Bonchev–Trinajstić information content (AvgIpc) is 2.56. The summed E-state index contributed by atoms with van der Waals surface area (Å²) in [5.74, 6) is -0.148. The Kier molecular flexibility index (Phi) is 7.55. The largest absolute Gasteiger partial charge is 0.464 e. The van der Waals surface area contributed by atoms with Crippen molar-refractivity contribution in [3.63, 3.8) is 0 Å². The van der Waals surface area contributed by atoms with Gasteiger partial charge in [-0.1, -0.05) is 83.3 Å². The van der Waals surface area contributed by atoms with Gasteiger partial charge >= 0.3 is 5.97 Å². The quantitative estimate of drug-likeness (QED) is 0.365. The predicted octanol–water partition coefficient (Wildman–Crippen LogP) is 4.06. The van der Waals surface area contributed by atoms with E-state index in [1.165, 1.54) is 11.1 Å². The van der Waals surface area contributed by atoms with Gasteiger partial charge < -0.3 is 4.74 Å². The molecule has 122 valence electrons. The summed E-state index contributed by atoms with van der Waals surface area (Å²) in [5, 5.41) is 0. The second kappa shape index (κ2) is 9.67. The lowest BCUT2D eigenvalue weighted by Gasteiger charge is -2.22. The van der Waals surface area contributed by atoms with Crippen molar-refractivity contribution in [3.05, 3.63) is 71.8 Å². The lowest BCUT2D eigenvalue weighted by atomic mass is 10.1. The summed E-state index contributed by atoms with van der Waals surface area (Å²) in [4.78, 5) is 13.9. The van der Waals surface area contributed by atoms with Crippen molar-refractivity contribution in [2.45, 2.75) is 23.9 Å². The molecule has 1 atom stereocenters. The first-order chi connectivity index (χ1) is 11.1. The van der Waals surface area contributed by atoms with Gasteiger partial charge in [0.15, 0.2) is 0 Å². The number of esters is 1. The van der Waals surface area contributed by atoms with Crippen LogP contribution in [0.5, 0.6) is 0 Å². The van der Waals surface area contributed by atoms with Gasteiger partial charge in [0, 0.05) is 19.6 Å². The third kappa shape index (κ3) is 6.71. The van der Waals surface area contributed by atoms with Crippen LogP contribution in [-0.4, -0.2) is 27.9 Å². The summed E-state index contributed by atoms with van der Waals surface area (Å²) in [6.45, 7) is 4.67. The minimum absolute atomic E-state index is 0.107. The maximum atomic E-state index is 11.6. The molecular weight excluding hydrogens is 401 g/mol. The highest BCUT2D eigenvalue weighted by Crippen LogP contribution is 2.10. The average molecular weight is 423 g/mol. The molecule has 0 aliphatic rings. The van der Waals surface area contributed by atoms with E-state index in [1.807, 2.05) is 43.3 Å². The first-order valence-electron chi connectivity index (χ1n) is 7.76. The van der Waals surface area contributed by atoms with E-state index < -0.39 is 0 Å². The fourth-order valence-electron chi connectivity index (χ4n) is 2.29. The minimum Gasteiger partial charge on any atom is -0.464 e. The topological polar surface area (TPSA) is 29.5 Å². The van der Waals surface area contributed by atoms with Crippen molar-refractivity contribution in [1.82, 2.24) is 4.90 Å². The molecule has 0 aliphatic heterocycles. The smallest absolute Gasteiger partial charge is 0.318 e. The highest BCUT2D eigenvalue weighted by Gasteiger charge is 2.12. The molecule has 23 heavy (non-hydrogen) atoms. The molecule has 0 amide bonds. The third-order valence-electron chi connectivity index (χ3n) is 3.47. The fraction of sp³-hybridized carbons (Fsp3) is 0.316. The molecule has 0 saturated carbocycles. The normalized spacial score (nSPS) is 12.1. The minimum atomic E-state index is -0.148. The number of rotatable bonds is 8. The van der Waals surface area contributed by atoms with Crippen LogP contribution in [0.25, 0.3) is 0 Å². The Morgan fingerprint density at radius 1 is 1.00 bits per heavy atom. The standard InChI is InChI=1S/C19H22INO2/c1-16(20)19(22)23-13-12-21(14-17-8-4-2-5-9-17)15-18-10-6-3-7-11-18/h2-11,16H,12-15H2,1H3. The Labute approximate surface area is 151 Å². The van der Waals surface area contributed by atoms with Crippen LogP contribution in [0.4, 0.5) is 0 Å². The van der Waals surface area contributed by atoms with Crippen LogP contribution >= 0.6 is 22.6 Å². The first kappa shape index (κ1) is 17.9. The van der Waals surface area contributed by atoms with Gasteiger partial charge in [0.25, 0.3) is 0 Å². The van der Waals surface area contributed by atoms with Gasteiger partial charge in [-0.05, 0) is 18.1 Å². The molecule has 2 rings (SSSR count). The summed E-state index contributed by atoms with van der Waals surface area (Å²) < 4.78 is 5.21. The van der Waals surface area contributed by atoms with Crippen LogP contribution < -0.4 is 0 Å². The molecule has 0 bridgehead atoms. The van der Waals surface area contributed by atoms with Gasteiger partial charge in [-0.2, -0.15) is 0 Å². The number of hydrogen-bond donors (Lipinski definition) is 0. The summed E-state index contributed by atoms with van der Waals surface area (Å²) >= 11 is 2.07. The Balaban J connectivity index is 1.95. The predicted molar refractivity (Wildman–Crippen MR) is 101 cm³/mol. The molecule has 0 fully saturated rings. The van der Waals surface area contributed by atoms with Gasteiger partial charge in [-0.3, -0.25) is 9.69 Å². The lowest BCUT2D eigenvalue weighted by Crippen LogP contribution is -2.28. The van der Waals surface area contributed by atoms with E-state index in [1.54, 1.807) is 0 Å². The molecule has 0 aromatic heterocycles. The second-order valence-electron chi connectivity index (χ2n) is 5.47. The zero-order chi connectivity index (χ0) is 16.5. The van der Waals surface area contributed by atoms with E-state index in [-0.39, 0.29) is 9.89 Å². The van der Waals surface area contributed by atoms with Gasteiger partial charge in [-0.25, -0.2) is 0 Å². The number of halogens is 1. The number of carbonyl (C=O) groups excluding carboxylic acids is 1. The van der Waals surface area contributed by atoms with E-state index in [2.05, 4.69) is 51.8 Å². The molecule has 0 N–H and O–H groups in total. The van der Waals surface area contributed by atoms with Crippen molar-refractivity contribution in [3.8, 4) is 0 Å². The van der Waals surface area contributed by atoms with Gasteiger partial charge in [0.1, 0.15) is 10.5 Å². The van der Waals surface area contributed by atoms with Gasteiger partial charge in [0.05, 0.1) is 0 Å². The third-order valence-corrected chi connectivity index (χ3v) is 3.98. The molecular formula is C19H22INO2. The van der Waals surface area contributed by atoms with Crippen LogP contribution in [0, 0.1) is 0 Å². The zero-order valence-electron chi connectivity index (χ0n) is 13.3. The molecule has 2 aromatic rings. The Hall–Kier alpha value is -1.40. The highest BCUT2D eigenvalue weighted by atomic mass is 127. The van der Waals surface area contributed by atoms with Crippen LogP contribution in [0.15, 0.2) is 60.7 Å². The van der Waals surface area contributed by atoms with Crippen molar-refractivity contribution in [1.29, 1.82) is 0 Å². The highest BCUT2D eigenvalue weighted by molar-refractivity contribution is 14.1. The summed E-state index contributed by atoms with van der Waals surface area (Å²) in [5.41, 5.74) is 2.52. The number of alkyl halides is 1. The molecule has 0 saturated heterocycles. The van der Waals surface area contributed by atoms with Crippen molar-refractivity contribution in [2.75, 3.05) is 13.2 Å². The molecule has 1 unspecified atom stereocenters. The van der Waals surface area contributed by atoms with E-state index in [4.69, 9.17) is 4.74 Å². The number of benzene rings is 2. The maximum absolute atomic E-state index is 11.6. The monoisotopic (exact) mass is 423 g/mol. The number of nitrogens with zero attached hydrogens (tertiary/aromatic N) is 1. The number of ether oxygens (including phenoxy) is 1. The van der Waals surface area contributed by atoms with E-state index >= 15 is 0 Å². The maximum Gasteiger partial charge on any atom is 0.318 e. The van der Waals surface area contributed by atoms with Gasteiger partial charge in [0.2, 0.25) is 0 Å². The van der Waals surface area contributed by atoms with Crippen LogP contribution in [0.3, 0.4) is 0 Å². The first-order valence-corrected chi connectivity index (χ1v) is 9.00. The Morgan fingerprint density at radius 2 is 1.48 bits per heavy atom.